The first-order chi connectivity index (χ1) is 9.95. The molecule has 6 heteroatoms. The smallest absolute Gasteiger partial charge is 0.240 e. The van der Waals surface area contributed by atoms with Crippen LogP contribution in [0.3, 0.4) is 0 Å². The van der Waals surface area contributed by atoms with E-state index in [0.29, 0.717) is 44.5 Å². The first-order valence-corrected chi connectivity index (χ1v) is 8.74. The summed E-state index contributed by atoms with van der Waals surface area (Å²) in [5.41, 5.74) is 0. The quantitative estimate of drug-likeness (QED) is 0.674. The monoisotopic (exact) mass is 315 g/mol. The molecule has 0 aliphatic heterocycles. The van der Waals surface area contributed by atoms with Crippen molar-refractivity contribution in [3.8, 4) is 5.75 Å². The van der Waals surface area contributed by atoms with E-state index >= 15 is 0 Å². The highest BCUT2D eigenvalue weighted by Gasteiger charge is 2.13. The Kier molecular flexibility index (Phi) is 7.71. The lowest BCUT2D eigenvalue weighted by molar-refractivity contribution is 0.108. The van der Waals surface area contributed by atoms with Crippen molar-refractivity contribution in [1.29, 1.82) is 0 Å². The second kappa shape index (κ2) is 9.02. The molecule has 0 atom stereocenters. The molecule has 0 aromatic heterocycles. The summed E-state index contributed by atoms with van der Waals surface area (Å²) in [6.45, 7) is 8.22. The fourth-order valence-electron chi connectivity index (χ4n) is 1.66. The lowest BCUT2D eigenvalue weighted by atomic mass is 10.2. The Morgan fingerprint density at radius 3 is 2.43 bits per heavy atom. The number of rotatable bonds is 10. The maximum absolute atomic E-state index is 12.0. The third-order valence-electron chi connectivity index (χ3n) is 2.65. The van der Waals surface area contributed by atoms with Crippen LogP contribution in [0.5, 0.6) is 5.75 Å². The summed E-state index contributed by atoms with van der Waals surface area (Å²) in [7, 11) is -3.46. The molecule has 5 nitrogen and oxygen atoms in total. The molecule has 0 saturated carbocycles. The lowest BCUT2D eigenvalue weighted by Gasteiger charge is -2.09. The molecule has 1 N–H and O–H groups in total. The van der Waals surface area contributed by atoms with Crippen molar-refractivity contribution >= 4 is 10.0 Å². The number of nitrogens with one attached hydrogen (secondary N) is 1. The lowest BCUT2D eigenvalue weighted by Crippen LogP contribution is -2.25. The number of benzene rings is 1. The van der Waals surface area contributed by atoms with Gasteiger partial charge in [0.1, 0.15) is 5.75 Å². The van der Waals surface area contributed by atoms with E-state index < -0.39 is 10.0 Å². The van der Waals surface area contributed by atoms with Gasteiger partial charge in [-0.1, -0.05) is 13.8 Å². The highest BCUT2D eigenvalue weighted by molar-refractivity contribution is 7.89. The van der Waals surface area contributed by atoms with Crippen LogP contribution in [-0.4, -0.2) is 34.8 Å². The van der Waals surface area contributed by atoms with Crippen molar-refractivity contribution in [3.05, 3.63) is 24.3 Å². The van der Waals surface area contributed by atoms with Crippen LogP contribution in [0.25, 0.3) is 0 Å². The Hall–Kier alpha value is -1.11. The highest BCUT2D eigenvalue weighted by Crippen LogP contribution is 2.15. The van der Waals surface area contributed by atoms with Gasteiger partial charge in [0.15, 0.2) is 0 Å². The van der Waals surface area contributed by atoms with Gasteiger partial charge in [-0.25, -0.2) is 13.1 Å². The molecule has 0 aliphatic carbocycles. The minimum absolute atomic E-state index is 0.244. The average Bonchev–Trinajstić information content (AvgIpc) is 2.43. The van der Waals surface area contributed by atoms with Gasteiger partial charge in [0.2, 0.25) is 10.0 Å². The molecular formula is C15H25NO4S. The summed E-state index contributed by atoms with van der Waals surface area (Å²) in [5, 5.41) is 0. The van der Waals surface area contributed by atoms with Crippen molar-refractivity contribution in [2.75, 3.05) is 26.4 Å². The summed E-state index contributed by atoms with van der Waals surface area (Å²) < 4.78 is 37.4. The van der Waals surface area contributed by atoms with Crippen LogP contribution in [0.2, 0.25) is 0 Å². The highest BCUT2D eigenvalue weighted by atomic mass is 32.2. The zero-order chi connectivity index (χ0) is 15.7. The maximum atomic E-state index is 12.0. The van der Waals surface area contributed by atoms with Gasteiger partial charge in [0.25, 0.3) is 0 Å². The molecule has 0 unspecified atom stereocenters. The summed E-state index contributed by atoms with van der Waals surface area (Å²) in [4.78, 5) is 0.244. The fourth-order valence-corrected chi connectivity index (χ4v) is 2.74. The Balaban J connectivity index is 2.39. The van der Waals surface area contributed by atoms with E-state index in [2.05, 4.69) is 18.6 Å². The van der Waals surface area contributed by atoms with E-state index in [1.165, 1.54) is 0 Å². The molecule has 0 radical (unpaired) electrons. The van der Waals surface area contributed by atoms with E-state index in [1.54, 1.807) is 24.3 Å². The van der Waals surface area contributed by atoms with E-state index in [9.17, 15) is 8.42 Å². The maximum Gasteiger partial charge on any atom is 0.240 e. The largest absolute Gasteiger partial charge is 0.494 e. The summed E-state index contributed by atoms with van der Waals surface area (Å²) in [6.07, 6.45) is 0.656. The second-order valence-corrected chi connectivity index (χ2v) is 6.89. The van der Waals surface area contributed by atoms with Gasteiger partial charge in [0, 0.05) is 19.8 Å². The van der Waals surface area contributed by atoms with Crippen molar-refractivity contribution in [2.24, 2.45) is 5.92 Å². The second-order valence-electron chi connectivity index (χ2n) is 5.12. The van der Waals surface area contributed by atoms with Crippen LogP contribution in [0.15, 0.2) is 29.2 Å². The van der Waals surface area contributed by atoms with E-state index in [1.807, 2.05) is 6.92 Å². The fraction of sp³-hybridized carbons (Fsp3) is 0.600. The topological polar surface area (TPSA) is 64.6 Å². The van der Waals surface area contributed by atoms with Crippen molar-refractivity contribution < 1.29 is 17.9 Å². The third-order valence-corrected chi connectivity index (χ3v) is 4.13. The molecule has 21 heavy (non-hydrogen) atoms. The first-order valence-electron chi connectivity index (χ1n) is 7.26. The molecule has 0 saturated heterocycles. The molecule has 0 heterocycles. The zero-order valence-electron chi connectivity index (χ0n) is 13.0. The summed E-state index contributed by atoms with van der Waals surface area (Å²) in [5.74, 6) is 1.16. The number of hydrogen-bond acceptors (Lipinski definition) is 4. The molecule has 0 spiro atoms. The van der Waals surface area contributed by atoms with E-state index in [0.717, 1.165) is 0 Å². The molecule has 1 aromatic rings. The van der Waals surface area contributed by atoms with Gasteiger partial charge in [0.05, 0.1) is 11.5 Å². The zero-order valence-corrected chi connectivity index (χ0v) is 13.8. The predicted molar refractivity (Wildman–Crippen MR) is 83.1 cm³/mol. The van der Waals surface area contributed by atoms with Crippen molar-refractivity contribution in [2.45, 2.75) is 32.1 Å². The molecule has 120 valence electrons. The molecular weight excluding hydrogens is 290 g/mol. The van der Waals surface area contributed by atoms with Crippen LogP contribution >= 0.6 is 0 Å². The van der Waals surface area contributed by atoms with Gasteiger partial charge in [-0.15, -0.1) is 0 Å². The van der Waals surface area contributed by atoms with Gasteiger partial charge >= 0.3 is 0 Å². The van der Waals surface area contributed by atoms with Crippen molar-refractivity contribution in [3.63, 3.8) is 0 Å². The van der Waals surface area contributed by atoms with Gasteiger partial charge in [-0.2, -0.15) is 0 Å². The van der Waals surface area contributed by atoms with Crippen LogP contribution in [0.4, 0.5) is 0 Å². The summed E-state index contributed by atoms with van der Waals surface area (Å²) in [6, 6.07) is 6.40. The average molecular weight is 315 g/mol. The number of sulfonamides is 1. The summed E-state index contributed by atoms with van der Waals surface area (Å²) >= 11 is 0. The predicted octanol–water partition coefficient (Wildman–Crippen LogP) is 2.43. The van der Waals surface area contributed by atoms with Gasteiger partial charge in [-0.3, -0.25) is 0 Å². The molecule has 0 fully saturated rings. The molecule has 0 amide bonds. The normalized spacial score (nSPS) is 11.8. The Morgan fingerprint density at radius 1 is 1.19 bits per heavy atom. The van der Waals surface area contributed by atoms with Gasteiger partial charge in [-0.05, 0) is 43.5 Å². The van der Waals surface area contributed by atoms with Crippen LogP contribution in [-0.2, 0) is 14.8 Å². The number of hydrogen-bond donors (Lipinski definition) is 1. The molecule has 0 bridgehead atoms. The number of ether oxygens (including phenoxy) is 2. The first kappa shape index (κ1) is 17.9. The Bertz CT molecular complexity index is 497. The SMILES string of the molecule is CCOc1ccc(S(=O)(=O)NCCCOCC(C)C)cc1. The minimum Gasteiger partial charge on any atom is -0.494 e. The minimum atomic E-state index is -3.46. The third kappa shape index (κ3) is 6.93. The van der Waals surface area contributed by atoms with E-state index in [4.69, 9.17) is 9.47 Å². The van der Waals surface area contributed by atoms with Crippen LogP contribution in [0.1, 0.15) is 27.2 Å². The van der Waals surface area contributed by atoms with E-state index in [-0.39, 0.29) is 4.90 Å². The van der Waals surface area contributed by atoms with Crippen molar-refractivity contribution in [1.82, 2.24) is 4.72 Å². The Morgan fingerprint density at radius 2 is 1.86 bits per heavy atom. The van der Waals surface area contributed by atoms with Crippen LogP contribution in [0, 0.1) is 5.92 Å². The molecule has 1 aromatic carbocycles. The van der Waals surface area contributed by atoms with Crippen LogP contribution < -0.4 is 9.46 Å². The van der Waals surface area contributed by atoms with Gasteiger partial charge < -0.3 is 9.47 Å². The molecule has 0 aliphatic rings. The standard InChI is InChI=1S/C15H25NO4S/c1-4-20-14-6-8-15(9-7-14)21(17,18)16-10-5-11-19-12-13(2)3/h6-9,13,16H,4-5,10-12H2,1-3H3. The molecule has 1 rings (SSSR count). The Labute approximate surface area is 127 Å².